The van der Waals surface area contributed by atoms with Crippen molar-refractivity contribution in [3.8, 4) is 0 Å². The molecule has 1 aromatic heterocycles. The third kappa shape index (κ3) is 3.32. The summed E-state index contributed by atoms with van der Waals surface area (Å²) >= 11 is 0. The second kappa shape index (κ2) is 6.86. The number of fused-ring (bicyclic) bond motifs is 1. The number of nitrogens with zero attached hydrogens (tertiary/aromatic N) is 1. The van der Waals surface area contributed by atoms with E-state index < -0.39 is 11.5 Å². The highest BCUT2D eigenvalue weighted by Gasteiger charge is 2.24. The molecule has 1 N–H and O–H groups in total. The van der Waals surface area contributed by atoms with Crippen LogP contribution < -0.4 is 10.9 Å². The van der Waals surface area contributed by atoms with Gasteiger partial charge in [-0.05, 0) is 25.0 Å². The Kier molecular flexibility index (Phi) is 4.64. The van der Waals surface area contributed by atoms with E-state index in [4.69, 9.17) is 4.42 Å². The predicted molar refractivity (Wildman–Crippen MR) is 89.8 cm³/mol. The molecule has 1 aliphatic rings. The summed E-state index contributed by atoms with van der Waals surface area (Å²) in [6.45, 7) is 3.10. The van der Waals surface area contributed by atoms with E-state index >= 15 is 0 Å². The fraction of sp³-hybridized carbons (Fsp3) is 0.389. The maximum atomic E-state index is 12.4. The molecule has 0 spiro atoms. The minimum absolute atomic E-state index is 0.0146. The minimum atomic E-state index is -0.634. The summed E-state index contributed by atoms with van der Waals surface area (Å²) in [4.78, 5) is 37.9. The molecule has 3 rings (SSSR count). The summed E-state index contributed by atoms with van der Waals surface area (Å²) in [6.07, 6.45) is 1.88. The van der Waals surface area contributed by atoms with Gasteiger partial charge in [0.2, 0.25) is 5.91 Å². The zero-order valence-electron chi connectivity index (χ0n) is 13.6. The van der Waals surface area contributed by atoms with E-state index in [1.54, 1.807) is 24.3 Å². The first kappa shape index (κ1) is 16.2. The largest absolute Gasteiger partial charge is 0.422 e. The summed E-state index contributed by atoms with van der Waals surface area (Å²) in [7, 11) is 0. The van der Waals surface area contributed by atoms with Crippen molar-refractivity contribution >= 4 is 22.8 Å². The van der Waals surface area contributed by atoms with Crippen molar-refractivity contribution in [1.82, 2.24) is 10.2 Å². The SMILES string of the molecule is CCC(=O)N1CCC(NC(=O)c2cc3ccccc3oc2=O)CC1. The highest BCUT2D eigenvalue weighted by atomic mass is 16.4. The fourth-order valence-corrected chi connectivity index (χ4v) is 2.98. The van der Waals surface area contributed by atoms with Gasteiger partial charge < -0.3 is 14.6 Å². The fourth-order valence-electron chi connectivity index (χ4n) is 2.98. The molecule has 0 unspecified atom stereocenters. The Labute approximate surface area is 139 Å². The van der Waals surface area contributed by atoms with Gasteiger partial charge in [0.1, 0.15) is 11.1 Å². The average molecular weight is 328 g/mol. The zero-order valence-corrected chi connectivity index (χ0v) is 13.6. The molecular weight excluding hydrogens is 308 g/mol. The molecule has 1 aliphatic heterocycles. The van der Waals surface area contributed by atoms with Crippen LogP contribution in [0.5, 0.6) is 0 Å². The van der Waals surface area contributed by atoms with Gasteiger partial charge in [-0.3, -0.25) is 9.59 Å². The number of rotatable bonds is 3. The molecular formula is C18H20N2O4. The Morgan fingerprint density at radius 3 is 2.67 bits per heavy atom. The van der Waals surface area contributed by atoms with Gasteiger partial charge in [0.05, 0.1) is 0 Å². The quantitative estimate of drug-likeness (QED) is 0.873. The Morgan fingerprint density at radius 2 is 1.96 bits per heavy atom. The minimum Gasteiger partial charge on any atom is -0.422 e. The summed E-state index contributed by atoms with van der Waals surface area (Å²) in [5.41, 5.74) is -0.156. The highest BCUT2D eigenvalue weighted by molar-refractivity contribution is 5.96. The lowest BCUT2D eigenvalue weighted by atomic mass is 10.0. The average Bonchev–Trinajstić information content (AvgIpc) is 2.61. The molecule has 0 aliphatic carbocycles. The van der Waals surface area contributed by atoms with Gasteiger partial charge in [0, 0.05) is 30.9 Å². The second-order valence-electron chi connectivity index (χ2n) is 5.97. The van der Waals surface area contributed by atoms with E-state index in [0.29, 0.717) is 43.3 Å². The number of nitrogens with one attached hydrogen (secondary N) is 1. The Morgan fingerprint density at radius 1 is 1.25 bits per heavy atom. The van der Waals surface area contributed by atoms with E-state index in [2.05, 4.69) is 5.32 Å². The lowest BCUT2D eigenvalue weighted by Crippen LogP contribution is -2.47. The van der Waals surface area contributed by atoms with Gasteiger partial charge in [-0.15, -0.1) is 0 Å². The standard InChI is InChI=1S/C18H20N2O4/c1-2-16(21)20-9-7-13(8-10-20)19-17(22)14-11-12-5-3-4-6-15(12)24-18(14)23/h3-6,11,13H,2,7-10H2,1H3,(H,19,22). The first-order valence-electron chi connectivity index (χ1n) is 8.20. The van der Waals surface area contributed by atoms with E-state index in [1.807, 2.05) is 17.9 Å². The van der Waals surface area contributed by atoms with Gasteiger partial charge in [-0.1, -0.05) is 25.1 Å². The monoisotopic (exact) mass is 328 g/mol. The van der Waals surface area contributed by atoms with Gasteiger partial charge in [-0.25, -0.2) is 4.79 Å². The Balaban J connectivity index is 1.69. The van der Waals surface area contributed by atoms with Crippen molar-refractivity contribution in [3.05, 3.63) is 46.3 Å². The van der Waals surface area contributed by atoms with Crippen LogP contribution in [-0.4, -0.2) is 35.8 Å². The Bertz CT molecular complexity index is 819. The molecule has 0 radical (unpaired) electrons. The summed E-state index contributed by atoms with van der Waals surface area (Å²) in [6, 6.07) is 8.61. The van der Waals surface area contributed by atoms with Crippen molar-refractivity contribution in [3.63, 3.8) is 0 Å². The molecule has 0 bridgehead atoms. The van der Waals surface area contributed by atoms with Crippen LogP contribution in [0.3, 0.4) is 0 Å². The molecule has 0 atom stereocenters. The normalized spacial score (nSPS) is 15.5. The number of likely N-dealkylation sites (tertiary alicyclic amines) is 1. The maximum absolute atomic E-state index is 12.4. The van der Waals surface area contributed by atoms with Crippen LogP contribution in [-0.2, 0) is 4.79 Å². The first-order valence-corrected chi connectivity index (χ1v) is 8.20. The molecule has 6 heteroatoms. The summed E-state index contributed by atoms with van der Waals surface area (Å²) in [5, 5.41) is 3.59. The summed E-state index contributed by atoms with van der Waals surface area (Å²) < 4.78 is 5.20. The second-order valence-corrected chi connectivity index (χ2v) is 5.97. The molecule has 6 nitrogen and oxygen atoms in total. The van der Waals surface area contributed by atoms with Crippen LogP contribution in [0.4, 0.5) is 0 Å². The van der Waals surface area contributed by atoms with E-state index in [9.17, 15) is 14.4 Å². The maximum Gasteiger partial charge on any atom is 0.349 e. The molecule has 0 saturated carbocycles. The number of carbonyl (C=O) groups excluding carboxylic acids is 2. The molecule has 1 saturated heterocycles. The van der Waals surface area contributed by atoms with Crippen LogP contribution in [0, 0.1) is 0 Å². The first-order chi connectivity index (χ1) is 11.6. The van der Waals surface area contributed by atoms with Gasteiger partial charge in [-0.2, -0.15) is 0 Å². The molecule has 24 heavy (non-hydrogen) atoms. The lowest BCUT2D eigenvalue weighted by molar-refractivity contribution is -0.131. The Hall–Kier alpha value is -2.63. The van der Waals surface area contributed by atoms with Crippen molar-refractivity contribution in [1.29, 1.82) is 0 Å². The van der Waals surface area contributed by atoms with E-state index in [0.717, 1.165) is 0 Å². The third-order valence-corrected chi connectivity index (χ3v) is 4.37. The number of benzene rings is 1. The zero-order chi connectivity index (χ0) is 17.1. The van der Waals surface area contributed by atoms with Gasteiger partial charge >= 0.3 is 5.63 Å². The molecule has 2 aromatic rings. The molecule has 1 fully saturated rings. The number of para-hydroxylation sites is 1. The van der Waals surface area contributed by atoms with Gasteiger partial charge in [0.25, 0.3) is 5.91 Å². The van der Waals surface area contributed by atoms with Crippen molar-refractivity contribution < 1.29 is 14.0 Å². The molecule has 2 heterocycles. The predicted octanol–water partition coefficient (Wildman–Crippen LogP) is 1.92. The van der Waals surface area contributed by atoms with Crippen LogP contribution in [0.1, 0.15) is 36.5 Å². The smallest absolute Gasteiger partial charge is 0.349 e. The molecule has 1 aromatic carbocycles. The van der Waals surface area contributed by atoms with Crippen LogP contribution in [0.25, 0.3) is 11.0 Å². The lowest BCUT2D eigenvalue weighted by Gasteiger charge is -2.32. The third-order valence-electron chi connectivity index (χ3n) is 4.37. The van der Waals surface area contributed by atoms with E-state index in [-0.39, 0.29) is 17.5 Å². The number of amides is 2. The van der Waals surface area contributed by atoms with Crippen LogP contribution in [0.2, 0.25) is 0 Å². The topological polar surface area (TPSA) is 79.6 Å². The van der Waals surface area contributed by atoms with Crippen LogP contribution >= 0.6 is 0 Å². The number of carbonyl (C=O) groups is 2. The molecule has 2 amide bonds. The van der Waals surface area contributed by atoms with Crippen LogP contribution in [0.15, 0.2) is 39.5 Å². The number of piperidine rings is 1. The van der Waals surface area contributed by atoms with Crippen molar-refractivity contribution in [2.24, 2.45) is 0 Å². The highest BCUT2D eigenvalue weighted by Crippen LogP contribution is 2.14. The van der Waals surface area contributed by atoms with Gasteiger partial charge in [0.15, 0.2) is 0 Å². The van der Waals surface area contributed by atoms with Crippen molar-refractivity contribution in [2.75, 3.05) is 13.1 Å². The number of hydrogen-bond donors (Lipinski definition) is 1. The molecule has 126 valence electrons. The number of hydrogen-bond acceptors (Lipinski definition) is 4. The summed E-state index contributed by atoms with van der Waals surface area (Å²) in [5.74, 6) is -0.287. The van der Waals surface area contributed by atoms with E-state index in [1.165, 1.54) is 0 Å². The van der Waals surface area contributed by atoms with Crippen molar-refractivity contribution in [2.45, 2.75) is 32.2 Å².